The Balaban J connectivity index is 1.31. The third kappa shape index (κ3) is 5.41. The van der Waals surface area contributed by atoms with E-state index in [0.717, 1.165) is 60.8 Å². The molecule has 0 aliphatic heterocycles. The minimum absolute atomic E-state index is 0.0273. The van der Waals surface area contributed by atoms with E-state index in [1.54, 1.807) is 13.2 Å². The molecule has 4 rings (SSSR count). The molecule has 1 amide bonds. The summed E-state index contributed by atoms with van der Waals surface area (Å²) in [6, 6.07) is 5.99. The van der Waals surface area contributed by atoms with E-state index in [9.17, 15) is 9.90 Å². The number of benzene rings is 1. The van der Waals surface area contributed by atoms with Crippen LogP contribution in [-0.4, -0.2) is 35.8 Å². The number of fused-ring (bicyclic) bond motifs is 2. The van der Waals surface area contributed by atoms with Crippen molar-refractivity contribution in [3.63, 3.8) is 0 Å². The molecule has 2 aliphatic rings. The highest BCUT2D eigenvalue weighted by Gasteiger charge is 2.51. The van der Waals surface area contributed by atoms with E-state index in [2.05, 4.69) is 44.6 Å². The Morgan fingerprint density at radius 3 is 2.89 bits per heavy atom. The van der Waals surface area contributed by atoms with Gasteiger partial charge in [0.1, 0.15) is 5.75 Å². The second kappa shape index (κ2) is 10.8. The van der Waals surface area contributed by atoms with Crippen LogP contribution >= 0.6 is 0 Å². The fraction of sp³-hybridized carbons (Fsp3) is 0.581. The van der Waals surface area contributed by atoms with Gasteiger partial charge >= 0.3 is 0 Å². The second-order valence-corrected chi connectivity index (χ2v) is 11.8. The Bertz CT molecular complexity index is 1130. The maximum Gasteiger partial charge on any atom is 0.243 e. The van der Waals surface area contributed by atoms with Crippen molar-refractivity contribution < 1.29 is 14.6 Å². The standard InChI is InChI=1S/C31H44N2O3/c1-19(7-10-24-20(2)8-11-26-30(24)21(3)16-28(34)31(26,4)5)15-29(35)32-14-13-22-18-33-27-12-9-23(36-6)17-25(22)27/h9,12,15,17-18,21,24,26,28,30,33-34H,2,7-8,10-11,13-14,16H2,1,3-6H3,(H,32,35)/b19-15+. The van der Waals surface area contributed by atoms with E-state index < -0.39 is 0 Å². The highest BCUT2D eigenvalue weighted by Crippen LogP contribution is 2.56. The number of aromatic nitrogens is 1. The Morgan fingerprint density at radius 1 is 1.36 bits per heavy atom. The Hall–Kier alpha value is -2.53. The largest absolute Gasteiger partial charge is 0.497 e. The lowest BCUT2D eigenvalue weighted by molar-refractivity contribution is -0.116. The first-order chi connectivity index (χ1) is 17.1. The Labute approximate surface area is 216 Å². The van der Waals surface area contributed by atoms with Gasteiger partial charge in [-0.3, -0.25) is 4.79 Å². The van der Waals surface area contributed by atoms with Crippen LogP contribution in [0.15, 0.2) is 48.2 Å². The molecule has 0 spiro atoms. The van der Waals surface area contributed by atoms with Crippen LogP contribution in [0, 0.1) is 29.1 Å². The van der Waals surface area contributed by atoms with Gasteiger partial charge in [-0.25, -0.2) is 0 Å². The van der Waals surface area contributed by atoms with Crippen LogP contribution < -0.4 is 10.1 Å². The topological polar surface area (TPSA) is 74.4 Å². The number of ether oxygens (including phenoxy) is 1. The quantitative estimate of drug-likeness (QED) is 0.304. The molecule has 2 fully saturated rings. The highest BCUT2D eigenvalue weighted by atomic mass is 16.5. The minimum atomic E-state index is -0.225. The number of methoxy groups -OCH3 is 1. The molecule has 0 bridgehead atoms. The van der Waals surface area contributed by atoms with Gasteiger partial charge in [-0.1, -0.05) is 38.5 Å². The lowest BCUT2D eigenvalue weighted by Gasteiger charge is -2.55. The molecule has 36 heavy (non-hydrogen) atoms. The number of hydrogen-bond acceptors (Lipinski definition) is 3. The maximum absolute atomic E-state index is 12.6. The molecule has 1 aromatic carbocycles. The lowest BCUT2D eigenvalue weighted by Crippen LogP contribution is -2.52. The predicted molar refractivity (Wildman–Crippen MR) is 147 cm³/mol. The van der Waals surface area contributed by atoms with E-state index in [1.807, 2.05) is 24.4 Å². The number of carbonyl (C=O) groups is 1. The lowest BCUT2D eigenvalue weighted by atomic mass is 9.50. The SMILES string of the molecule is C=C1CCC2C(C(C)CC(O)C2(C)C)C1CC/C(C)=C/C(=O)NCCc1c[nH]c2ccc(OC)cc12. The molecule has 1 aromatic heterocycles. The van der Waals surface area contributed by atoms with Gasteiger partial charge in [0.25, 0.3) is 0 Å². The molecule has 5 nitrogen and oxygen atoms in total. The van der Waals surface area contributed by atoms with Gasteiger partial charge < -0.3 is 20.1 Å². The average molecular weight is 493 g/mol. The first kappa shape index (κ1) is 26.5. The van der Waals surface area contributed by atoms with Gasteiger partial charge in [-0.2, -0.15) is 0 Å². The first-order valence-electron chi connectivity index (χ1n) is 13.6. The molecule has 2 saturated carbocycles. The Kier molecular flexibility index (Phi) is 7.99. The number of rotatable bonds is 8. The zero-order chi connectivity index (χ0) is 26.0. The third-order valence-corrected chi connectivity index (χ3v) is 9.19. The fourth-order valence-corrected chi connectivity index (χ4v) is 6.93. The number of aromatic amines is 1. The van der Waals surface area contributed by atoms with Crippen LogP contribution in [0.4, 0.5) is 0 Å². The normalized spacial score (nSPS) is 28.1. The minimum Gasteiger partial charge on any atom is -0.497 e. The molecule has 3 N–H and O–H groups in total. The van der Waals surface area contributed by atoms with Crippen LogP contribution in [0.3, 0.4) is 0 Å². The van der Waals surface area contributed by atoms with Gasteiger partial charge in [0.05, 0.1) is 13.2 Å². The maximum atomic E-state index is 12.6. The summed E-state index contributed by atoms with van der Waals surface area (Å²) >= 11 is 0. The summed E-state index contributed by atoms with van der Waals surface area (Å²) in [7, 11) is 1.67. The van der Waals surface area contributed by atoms with Crippen LogP contribution in [-0.2, 0) is 11.2 Å². The molecule has 5 unspecified atom stereocenters. The number of H-pyrrole nitrogens is 1. The monoisotopic (exact) mass is 492 g/mol. The highest BCUT2D eigenvalue weighted by molar-refractivity contribution is 5.88. The molecule has 2 aromatic rings. The summed E-state index contributed by atoms with van der Waals surface area (Å²) in [6.07, 6.45) is 9.30. The number of nitrogens with one attached hydrogen (secondary N) is 2. The number of amides is 1. The van der Waals surface area contributed by atoms with Crippen LogP contribution in [0.5, 0.6) is 5.75 Å². The fourth-order valence-electron chi connectivity index (χ4n) is 6.93. The van der Waals surface area contributed by atoms with Crippen LogP contribution in [0.2, 0.25) is 0 Å². The van der Waals surface area contributed by atoms with Gasteiger partial charge in [0.15, 0.2) is 0 Å². The van der Waals surface area contributed by atoms with Crippen molar-refractivity contribution in [1.29, 1.82) is 0 Å². The van der Waals surface area contributed by atoms with E-state index in [-0.39, 0.29) is 17.4 Å². The second-order valence-electron chi connectivity index (χ2n) is 11.8. The van der Waals surface area contributed by atoms with Gasteiger partial charge in [0, 0.05) is 29.7 Å². The molecule has 5 atom stereocenters. The van der Waals surface area contributed by atoms with Gasteiger partial charge in [0.2, 0.25) is 5.91 Å². The smallest absolute Gasteiger partial charge is 0.243 e. The van der Waals surface area contributed by atoms with Crippen molar-refractivity contribution in [1.82, 2.24) is 10.3 Å². The van der Waals surface area contributed by atoms with Crippen molar-refractivity contribution in [3.8, 4) is 5.75 Å². The number of aliphatic hydroxyl groups excluding tert-OH is 1. The van der Waals surface area contributed by atoms with Crippen molar-refractivity contribution in [3.05, 3.63) is 53.8 Å². The summed E-state index contributed by atoms with van der Waals surface area (Å²) in [5.74, 6) is 2.87. The number of aliphatic hydroxyl groups is 1. The number of carbonyl (C=O) groups excluding carboxylic acids is 1. The molecule has 2 aliphatic carbocycles. The molecule has 0 radical (unpaired) electrons. The summed E-state index contributed by atoms with van der Waals surface area (Å²) < 4.78 is 5.35. The average Bonchev–Trinajstić information content (AvgIpc) is 3.24. The molecule has 0 saturated heterocycles. The molecule has 1 heterocycles. The van der Waals surface area contributed by atoms with Crippen molar-refractivity contribution in [2.45, 2.75) is 72.3 Å². The summed E-state index contributed by atoms with van der Waals surface area (Å²) in [5.41, 5.74) is 4.68. The van der Waals surface area contributed by atoms with Gasteiger partial charge in [-0.05, 0) is 98.3 Å². The van der Waals surface area contributed by atoms with Crippen LogP contribution in [0.1, 0.15) is 65.4 Å². The van der Waals surface area contributed by atoms with Crippen LogP contribution in [0.25, 0.3) is 10.9 Å². The number of hydrogen-bond donors (Lipinski definition) is 3. The molecule has 5 heteroatoms. The number of allylic oxidation sites excluding steroid dienone is 2. The van der Waals surface area contributed by atoms with E-state index in [1.165, 1.54) is 11.1 Å². The van der Waals surface area contributed by atoms with Crippen molar-refractivity contribution in [2.24, 2.45) is 29.1 Å². The summed E-state index contributed by atoms with van der Waals surface area (Å²) in [6.45, 7) is 13.9. The first-order valence-corrected chi connectivity index (χ1v) is 13.6. The molecular formula is C31H44N2O3. The van der Waals surface area contributed by atoms with Crippen molar-refractivity contribution >= 4 is 16.8 Å². The predicted octanol–water partition coefficient (Wildman–Crippen LogP) is 6.19. The third-order valence-electron chi connectivity index (χ3n) is 9.19. The van der Waals surface area contributed by atoms with E-state index in [0.29, 0.717) is 30.2 Å². The van der Waals surface area contributed by atoms with Crippen molar-refractivity contribution in [2.75, 3.05) is 13.7 Å². The molecule has 196 valence electrons. The van der Waals surface area contributed by atoms with Gasteiger partial charge in [-0.15, -0.1) is 0 Å². The van der Waals surface area contributed by atoms with E-state index in [4.69, 9.17) is 4.74 Å². The van der Waals surface area contributed by atoms with E-state index >= 15 is 0 Å². The molecular weight excluding hydrogens is 448 g/mol. The summed E-state index contributed by atoms with van der Waals surface area (Å²) in [5, 5.41) is 14.9. The summed E-state index contributed by atoms with van der Waals surface area (Å²) in [4.78, 5) is 15.9. The zero-order valence-electron chi connectivity index (χ0n) is 22.7. The Morgan fingerprint density at radius 2 is 2.14 bits per heavy atom. The zero-order valence-corrected chi connectivity index (χ0v) is 22.7.